The summed E-state index contributed by atoms with van der Waals surface area (Å²) < 4.78 is 5.57. The average molecular weight is 340 g/mol. The molecule has 1 heterocycles. The summed E-state index contributed by atoms with van der Waals surface area (Å²) in [7, 11) is 0. The number of aromatic hydroxyl groups is 1. The van der Waals surface area contributed by atoms with Crippen LogP contribution in [0.5, 0.6) is 11.5 Å². The van der Waals surface area contributed by atoms with E-state index in [1.165, 1.54) is 16.7 Å². The molecule has 0 radical (unpaired) electrons. The molecule has 1 aliphatic rings. The van der Waals surface area contributed by atoms with Crippen LogP contribution in [0.4, 0.5) is 0 Å². The molecule has 1 aliphatic heterocycles. The second kappa shape index (κ2) is 8.37. The molecular weight excluding hydrogens is 312 g/mol. The Bertz CT molecular complexity index is 694. The number of phenols is 1. The topological polar surface area (TPSA) is 35.9 Å². The van der Waals surface area contributed by atoms with Gasteiger partial charge in [0.25, 0.3) is 0 Å². The molecule has 0 spiro atoms. The molecule has 4 heteroatoms. The van der Waals surface area contributed by atoms with Crippen molar-refractivity contribution in [2.24, 2.45) is 0 Å². The highest BCUT2D eigenvalue weighted by Crippen LogP contribution is 2.20. The third-order valence-corrected chi connectivity index (χ3v) is 4.80. The largest absolute Gasteiger partial charge is 0.508 e. The fourth-order valence-electron chi connectivity index (χ4n) is 3.36. The Kier molecular flexibility index (Phi) is 5.95. The zero-order valence-corrected chi connectivity index (χ0v) is 15.2. The zero-order valence-electron chi connectivity index (χ0n) is 15.2. The Morgan fingerprint density at radius 2 is 1.68 bits per heavy atom. The second-order valence-electron chi connectivity index (χ2n) is 6.74. The minimum Gasteiger partial charge on any atom is -0.508 e. The first kappa shape index (κ1) is 17.8. The van der Waals surface area contributed by atoms with Crippen LogP contribution < -0.4 is 4.74 Å². The highest BCUT2D eigenvalue weighted by Gasteiger charge is 2.18. The fourth-order valence-corrected chi connectivity index (χ4v) is 3.36. The maximum atomic E-state index is 9.59. The van der Waals surface area contributed by atoms with Crippen molar-refractivity contribution in [3.63, 3.8) is 0 Å². The first-order chi connectivity index (χ1) is 12.1. The Morgan fingerprint density at radius 1 is 0.960 bits per heavy atom. The zero-order chi connectivity index (χ0) is 17.6. The summed E-state index contributed by atoms with van der Waals surface area (Å²) in [5.41, 5.74) is 3.86. The summed E-state index contributed by atoms with van der Waals surface area (Å²) in [5.74, 6) is 1.31. The maximum absolute atomic E-state index is 9.59. The molecule has 0 bridgehead atoms. The molecule has 0 atom stereocenters. The van der Waals surface area contributed by atoms with Crippen LogP contribution in [0.2, 0.25) is 0 Å². The predicted molar refractivity (Wildman–Crippen MR) is 101 cm³/mol. The molecule has 0 aliphatic carbocycles. The Morgan fingerprint density at radius 3 is 2.32 bits per heavy atom. The van der Waals surface area contributed by atoms with E-state index in [0.717, 1.165) is 45.0 Å². The van der Waals surface area contributed by atoms with Crippen LogP contribution in [0, 0.1) is 6.92 Å². The van der Waals surface area contributed by atoms with Crippen molar-refractivity contribution in [1.82, 2.24) is 9.80 Å². The number of ether oxygens (including phenoxy) is 1. The van der Waals surface area contributed by atoms with Crippen molar-refractivity contribution in [2.45, 2.75) is 26.9 Å². The lowest BCUT2D eigenvalue weighted by molar-refractivity contribution is 0.122. The summed E-state index contributed by atoms with van der Waals surface area (Å²) in [6.45, 7) is 11.1. The van der Waals surface area contributed by atoms with Crippen LogP contribution in [-0.2, 0) is 13.1 Å². The Labute approximate surface area is 150 Å². The van der Waals surface area contributed by atoms with Gasteiger partial charge in [-0.25, -0.2) is 0 Å². The van der Waals surface area contributed by atoms with Gasteiger partial charge >= 0.3 is 0 Å². The van der Waals surface area contributed by atoms with E-state index in [2.05, 4.69) is 41.0 Å². The number of piperazine rings is 1. The van der Waals surface area contributed by atoms with E-state index in [4.69, 9.17) is 4.74 Å². The van der Waals surface area contributed by atoms with E-state index in [9.17, 15) is 5.11 Å². The summed E-state index contributed by atoms with van der Waals surface area (Å²) in [6, 6.07) is 14.0. The van der Waals surface area contributed by atoms with Crippen LogP contribution in [0.3, 0.4) is 0 Å². The summed E-state index contributed by atoms with van der Waals surface area (Å²) in [5, 5.41) is 9.59. The van der Waals surface area contributed by atoms with Crippen LogP contribution in [0.15, 0.2) is 42.5 Å². The van der Waals surface area contributed by atoms with Crippen molar-refractivity contribution >= 4 is 0 Å². The number of hydrogen-bond acceptors (Lipinski definition) is 4. The summed E-state index contributed by atoms with van der Waals surface area (Å²) in [4.78, 5) is 4.97. The van der Waals surface area contributed by atoms with E-state index in [1.54, 1.807) is 6.07 Å². The second-order valence-corrected chi connectivity index (χ2v) is 6.74. The van der Waals surface area contributed by atoms with Gasteiger partial charge in [-0.2, -0.15) is 0 Å². The van der Waals surface area contributed by atoms with Gasteiger partial charge in [0.15, 0.2) is 0 Å². The smallest absolute Gasteiger partial charge is 0.119 e. The monoisotopic (exact) mass is 340 g/mol. The molecule has 0 aromatic heterocycles. The maximum Gasteiger partial charge on any atom is 0.119 e. The van der Waals surface area contributed by atoms with Crippen LogP contribution >= 0.6 is 0 Å². The number of phenolic OH excluding ortho intramolecular Hbond substituents is 1. The van der Waals surface area contributed by atoms with Crippen molar-refractivity contribution < 1.29 is 9.84 Å². The van der Waals surface area contributed by atoms with Crippen LogP contribution in [0.25, 0.3) is 0 Å². The van der Waals surface area contributed by atoms with Gasteiger partial charge in [0, 0.05) is 39.3 Å². The van der Waals surface area contributed by atoms with Gasteiger partial charge in [-0.3, -0.25) is 9.80 Å². The first-order valence-corrected chi connectivity index (χ1v) is 9.09. The van der Waals surface area contributed by atoms with Gasteiger partial charge in [-0.1, -0.05) is 18.2 Å². The third kappa shape index (κ3) is 4.97. The lowest BCUT2D eigenvalue weighted by Crippen LogP contribution is -2.45. The van der Waals surface area contributed by atoms with E-state index >= 15 is 0 Å². The Balaban J connectivity index is 1.51. The molecule has 0 saturated carbocycles. The van der Waals surface area contributed by atoms with E-state index in [1.807, 2.05) is 19.1 Å². The number of nitrogens with zero attached hydrogens (tertiary/aromatic N) is 2. The van der Waals surface area contributed by atoms with Gasteiger partial charge in [-0.15, -0.1) is 0 Å². The molecule has 2 aromatic rings. The molecule has 134 valence electrons. The molecule has 3 rings (SSSR count). The van der Waals surface area contributed by atoms with Crippen LogP contribution in [0.1, 0.15) is 23.6 Å². The van der Waals surface area contributed by atoms with E-state index in [0.29, 0.717) is 12.4 Å². The Hall–Kier alpha value is -2.04. The standard InChI is InChI=1S/C21H28N2O2/c1-3-25-21-8-7-19(17(2)13-21)16-23-11-9-22(10-12-23)15-18-5-4-6-20(24)14-18/h4-8,13-14,24H,3,9-12,15-16H2,1-2H3. The predicted octanol–water partition coefficient (Wildman–Crippen LogP) is 3.42. The lowest BCUT2D eigenvalue weighted by Gasteiger charge is -2.35. The van der Waals surface area contributed by atoms with Gasteiger partial charge in [0.1, 0.15) is 11.5 Å². The molecule has 25 heavy (non-hydrogen) atoms. The number of rotatable bonds is 6. The van der Waals surface area contributed by atoms with Gasteiger partial charge in [-0.05, 0) is 54.8 Å². The normalized spacial score (nSPS) is 16.1. The fraction of sp³-hybridized carbons (Fsp3) is 0.429. The van der Waals surface area contributed by atoms with Crippen molar-refractivity contribution in [3.05, 3.63) is 59.2 Å². The highest BCUT2D eigenvalue weighted by molar-refractivity contribution is 5.34. The number of aryl methyl sites for hydroxylation is 1. The first-order valence-electron chi connectivity index (χ1n) is 9.09. The van der Waals surface area contributed by atoms with Gasteiger partial charge in [0.2, 0.25) is 0 Å². The van der Waals surface area contributed by atoms with Crippen molar-refractivity contribution in [1.29, 1.82) is 0 Å². The van der Waals surface area contributed by atoms with Crippen molar-refractivity contribution in [3.8, 4) is 11.5 Å². The van der Waals surface area contributed by atoms with E-state index in [-0.39, 0.29) is 0 Å². The van der Waals surface area contributed by atoms with Gasteiger partial charge in [0.05, 0.1) is 6.61 Å². The lowest BCUT2D eigenvalue weighted by atomic mass is 10.1. The van der Waals surface area contributed by atoms with Gasteiger partial charge < -0.3 is 9.84 Å². The average Bonchev–Trinajstić information content (AvgIpc) is 2.59. The highest BCUT2D eigenvalue weighted by atomic mass is 16.5. The SMILES string of the molecule is CCOc1ccc(CN2CCN(Cc3cccc(O)c3)CC2)c(C)c1. The van der Waals surface area contributed by atoms with Crippen LogP contribution in [-0.4, -0.2) is 47.7 Å². The quantitative estimate of drug-likeness (QED) is 0.874. The minimum atomic E-state index is 0.349. The summed E-state index contributed by atoms with van der Waals surface area (Å²) in [6.07, 6.45) is 0. The molecule has 4 nitrogen and oxygen atoms in total. The summed E-state index contributed by atoms with van der Waals surface area (Å²) >= 11 is 0. The van der Waals surface area contributed by atoms with Crippen molar-refractivity contribution in [2.75, 3.05) is 32.8 Å². The number of hydrogen-bond donors (Lipinski definition) is 1. The number of benzene rings is 2. The molecular formula is C21H28N2O2. The van der Waals surface area contributed by atoms with E-state index < -0.39 is 0 Å². The third-order valence-electron chi connectivity index (χ3n) is 4.80. The molecule has 0 unspecified atom stereocenters. The molecule has 1 fully saturated rings. The molecule has 1 N–H and O–H groups in total. The minimum absolute atomic E-state index is 0.349. The molecule has 0 amide bonds. The molecule has 1 saturated heterocycles. The molecule has 2 aromatic carbocycles.